The minimum atomic E-state index is -0.511. The topological polar surface area (TPSA) is 111 Å². The molecule has 0 bridgehead atoms. The summed E-state index contributed by atoms with van der Waals surface area (Å²) in [6.07, 6.45) is 10.4. The third-order valence-electron chi connectivity index (χ3n) is 6.00. The second kappa shape index (κ2) is 9.60. The molecule has 0 spiro atoms. The normalized spacial score (nSPS) is 18.2. The van der Waals surface area contributed by atoms with Crippen LogP contribution in [-0.2, 0) is 4.74 Å². The lowest BCUT2D eigenvalue weighted by Crippen LogP contribution is -2.24. The van der Waals surface area contributed by atoms with Crippen molar-refractivity contribution in [3.63, 3.8) is 0 Å². The summed E-state index contributed by atoms with van der Waals surface area (Å²) in [7, 11) is 0. The molecule has 4 heterocycles. The van der Waals surface area contributed by atoms with E-state index in [2.05, 4.69) is 25.6 Å². The summed E-state index contributed by atoms with van der Waals surface area (Å²) in [4.78, 5) is 17.1. The van der Waals surface area contributed by atoms with E-state index in [1.807, 2.05) is 6.92 Å². The van der Waals surface area contributed by atoms with Gasteiger partial charge in [-0.3, -0.25) is 19.6 Å². The van der Waals surface area contributed by atoms with E-state index in [-0.39, 0.29) is 29.3 Å². The van der Waals surface area contributed by atoms with Crippen LogP contribution in [0.3, 0.4) is 0 Å². The molecular formula is C24H25FN6O3. The molecule has 0 aromatic carbocycles. The molecule has 9 nitrogen and oxygen atoms in total. The summed E-state index contributed by atoms with van der Waals surface area (Å²) in [5.74, 6) is -0.347. The number of rotatable bonds is 7. The minimum absolute atomic E-state index is 0.0816. The van der Waals surface area contributed by atoms with Crippen LogP contribution in [0.5, 0.6) is 0 Å². The Labute approximate surface area is 195 Å². The third-order valence-corrected chi connectivity index (χ3v) is 6.00. The maximum atomic E-state index is 14.6. The smallest absolute Gasteiger partial charge is 0.291 e. The molecule has 0 saturated heterocycles. The molecule has 2 N–H and O–H groups in total. The monoisotopic (exact) mass is 464 g/mol. The molecule has 4 aromatic heterocycles. The average molecular weight is 465 g/mol. The van der Waals surface area contributed by atoms with Crippen molar-refractivity contribution in [3.05, 3.63) is 60.6 Å². The highest BCUT2D eigenvalue weighted by Gasteiger charge is 2.26. The summed E-state index contributed by atoms with van der Waals surface area (Å²) in [6, 6.07) is 6.24. The Morgan fingerprint density at radius 2 is 2.12 bits per heavy atom. The second-order valence-corrected chi connectivity index (χ2v) is 8.20. The summed E-state index contributed by atoms with van der Waals surface area (Å²) < 4.78 is 27.8. The van der Waals surface area contributed by atoms with Gasteiger partial charge in [0.15, 0.2) is 11.6 Å². The number of amides is 1. The number of halogens is 1. The van der Waals surface area contributed by atoms with Gasteiger partial charge in [-0.15, -0.1) is 0 Å². The summed E-state index contributed by atoms with van der Waals surface area (Å²) in [5, 5.41) is 14.1. The first kappa shape index (κ1) is 22.0. The van der Waals surface area contributed by atoms with E-state index < -0.39 is 11.7 Å². The van der Waals surface area contributed by atoms with Gasteiger partial charge >= 0.3 is 0 Å². The van der Waals surface area contributed by atoms with E-state index in [1.165, 1.54) is 18.3 Å². The van der Waals surface area contributed by atoms with E-state index in [0.717, 1.165) is 31.2 Å². The average Bonchev–Trinajstić information content (AvgIpc) is 3.61. The second-order valence-electron chi connectivity index (χ2n) is 8.20. The summed E-state index contributed by atoms with van der Waals surface area (Å²) >= 11 is 0. The zero-order valence-corrected chi connectivity index (χ0v) is 18.7. The predicted octanol–water partition coefficient (Wildman–Crippen LogP) is 4.84. The number of H-pyrrole nitrogens is 1. The molecule has 176 valence electrons. The summed E-state index contributed by atoms with van der Waals surface area (Å²) in [5.41, 5.74) is 1.46. The largest absolute Gasteiger partial charge is 0.451 e. The van der Waals surface area contributed by atoms with Crippen molar-refractivity contribution in [1.29, 1.82) is 0 Å². The highest BCUT2D eigenvalue weighted by molar-refractivity contribution is 6.04. The van der Waals surface area contributed by atoms with Crippen molar-refractivity contribution >= 4 is 11.6 Å². The molecule has 4 aromatic rings. The number of nitrogens with one attached hydrogen (secondary N) is 2. The molecule has 0 radical (unpaired) electrons. The molecule has 1 saturated carbocycles. The molecule has 10 heteroatoms. The van der Waals surface area contributed by atoms with Gasteiger partial charge in [0.2, 0.25) is 0 Å². The van der Waals surface area contributed by atoms with Gasteiger partial charge in [-0.05, 0) is 56.9 Å². The molecule has 5 rings (SSSR count). The Morgan fingerprint density at radius 1 is 1.26 bits per heavy atom. The van der Waals surface area contributed by atoms with Crippen LogP contribution in [0.25, 0.3) is 22.7 Å². The van der Waals surface area contributed by atoms with E-state index in [4.69, 9.17) is 9.15 Å². The number of aromatic nitrogens is 5. The fraction of sp³-hybridized carbons (Fsp3) is 0.333. The van der Waals surface area contributed by atoms with E-state index >= 15 is 0 Å². The minimum Gasteiger partial charge on any atom is -0.451 e. The number of hydrogen-bond donors (Lipinski definition) is 2. The lowest BCUT2D eigenvalue weighted by molar-refractivity contribution is 0.0260. The first-order valence-electron chi connectivity index (χ1n) is 11.3. The van der Waals surface area contributed by atoms with Gasteiger partial charge in [0.05, 0.1) is 29.6 Å². The number of carbonyl (C=O) groups is 1. The van der Waals surface area contributed by atoms with Crippen LogP contribution in [0.2, 0.25) is 0 Å². The lowest BCUT2D eigenvalue weighted by atomic mass is 9.93. The van der Waals surface area contributed by atoms with Gasteiger partial charge in [0.25, 0.3) is 5.91 Å². The van der Waals surface area contributed by atoms with Gasteiger partial charge in [0.1, 0.15) is 17.1 Å². The maximum absolute atomic E-state index is 14.6. The third kappa shape index (κ3) is 4.49. The Kier molecular flexibility index (Phi) is 6.22. The van der Waals surface area contributed by atoms with Crippen LogP contribution in [0.15, 0.2) is 53.5 Å². The predicted molar refractivity (Wildman–Crippen MR) is 123 cm³/mol. The van der Waals surface area contributed by atoms with Gasteiger partial charge in [0, 0.05) is 25.2 Å². The number of anilines is 1. The zero-order chi connectivity index (χ0) is 23.5. The Bertz CT molecular complexity index is 1260. The van der Waals surface area contributed by atoms with E-state index in [9.17, 15) is 9.18 Å². The molecule has 1 fully saturated rings. The highest BCUT2D eigenvalue weighted by atomic mass is 19.1. The lowest BCUT2D eigenvalue weighted by Gasteiger charge is -2.28. The van der Waals surface area contributed by atoms with Gasteiger partial charge in [-0.2, -0.15) is 10.2 Å². The molecule has 1 aliphatic rings. The molecule has 1 aliphatic carbocycles. The number of nitrogens with zero attached hydrogens (tertiary/aromatic N) is 4. The van der Waals surface area contributed by atoms with Crippen molar-refractivity contribution in [1.82, 2.24) is 25.0 Å². The van der Waals surface area contributed by atoms with Crippen LogP contribution >= 0.6 is 0 Å². The number of carbonyl (C=O) groups excluding carboxylic acids is 1. The van der Waals surface area contributed by atoms with Crippen LogP contribution in [0.1, 0.15) is 49.2 Å². The van der Waals surface area contributed by atoms with Crippen LogP contribution < -0.4 is 5.32 Å². The SMILES string of the molecule is CCO[C@H]1CC[C@H](n2cc(NC(=O)c3ccc(-c4cn[nH]c4)o3)c(-c3ncccc3F)n2)CC1. The Morgan fingerprint density at radius 3 is 2.85 bits per heavy atom. The molecule has 0 unspecified atom stereocenters. The molecule has 0 atom stereocenters. The van der Waals surface area contributed by atoms with Gasteiger partial charge in [-0.1, -0.05) is 0 Å². The molecule has 0 aliphatic heterocycles. The number of aromatic amines is 1. The van der Waals surface area contributed by atoms with Gasteiger partial charge in [-0.25, -0.2) is 4.39 Å². The number of furan rings is 1. The quantitative estimate of drug-likeness (QED) is 0.405. The standard InChI is InChI=1S/C24H25FN6O3/c1-2-33-17-7-5-16(6-8-17)31-14-19(23(30-31)22-18(25)4-3-11-26-22)29-24(32)21-10-9-20(34-21)15-12-27-28-13-15/h3-4,9-14,16-17H,2,5-8H2,1H3,(H,27,28)(H,29,32)/t16-,17-. The summed E-state index contributed by atoms with van der Waals surface area (Å²) in [6.45, 7) is 2.70. The van der Waals surface area contributed by atoms with Crippen molar-refractivity contribution < 1.29 is 18.3 Å². The number of hydrogen-bond acceptors (Lipinski definition) is 6. The fourth-order valence-electron chi connectivity index (χ4n) is 4.30. The Hall–Kier alpha value is -3.79. The molecular weight excluding hydrogens is 439 g/mol. The zero-order valence-electron chi connectivity index (χ0n) is 18.7. The van der Waals surface area contributed by atoms with E-state index in [1.54, 1.807) is 35.4 Å². The van der Waals surface area contributed by atoms with E-state index in [0.29, 0.717) is 18.1 Å². The first-order chi connectivity index (χ1) is 16.6. The van der Waals surface area contributed by atoms with Crippen LogP contribution in [0, 0.1) is 5.82 Å². The fourth-order valence-corrected chi connectivity index (χ4v) is 4.30. The maximum Gasteiger partial charge on any atom is 0.291 e. The number of ether oxygens (including phenoxy) is 1. The van der Waals surface area contributed by atoms with Crippen LogP contribution in [0.4, 0.5) is 10.1 Å². The molecule has 1 amide bonds. The Balaban J connectivity index is 1.41. The van der Waals surface area contributed by atoms with Crippen LogP contribution in [-0.4, -0.2) is 43.6 Å². The van der Waals surface area contributed by atoms with Crippen molar-refractivity contribution in [2.45, 2.75) is 44.8 Å². The first-order valence-corrected chi connectivity index (χ1v) is 11.3. The van der Waals surface area contributed by atoms with Gasteiger partial charge < -0.3 is 14.5 Å². The van der Waals surface area contributed by atoms with Crippen molar-refractivity contribution in [2.24, 2.45) is 0 Å². The highest BCUT2D eigenvalue weighted by Crippen LogP contribution is 2.34. The van der Waals surface area contributed by atoms with Crippen molar-refractivity contribution in [2.75, 3.05) is 11.9 Å². The van der Waals surface area contributed by atoms with Crippen molar-refractivity contribution in [3.8, 4) is 22.7 Å². The molecule has 34 heavy (non-hydrogen) atoms. The number of pyridine rings is 1.